The second-order valence-electron chi connectivity index (χ2n) is 6.30. The molecule has 0 fully saturated rings. The van der Waals surface area contributed by atoms with Gasteiger partial charge in [-0.15, -0.1) is 0 Å². The molecule has 0 spiro atoms. The van der Waals surface area contributed by atoms with Crippen LogP contribution in [-0.2, 0) is 16.6 Å². The molecule has 0 aliphatic heterocycles. The van der Waals surface area contributed by atoms with Crippen LogP contribution >= 0.6 is 0 Å². The number of sulfonamides is 1. The molecule has 4 aromatic rings. The summed E-state index contributed by atoms with van der Waals surface area (Å²) in [4.78, 5) is 10.7. The van der Waals surface area contributed by atoms with Crippen molar-refractivity contribution >= 4 is 32.6 Å². The number of aromatic nitrogens is 4. The van der Waals surface area contributed by atoms with Crippen molar-refractivity contribution in [2.75, 3.05) is 16.7 Å². The number of H-pyrrole nitrogens is 1. The van der Waals surface area contributed by atoms with E-state index >= 15 is 0 Å². The van der Waals surface area contributed by atoms with E-state index in [9.17, 15) is 8.42 Å². The van der Waals surface area contributed by atoms with Crippen molar-refractivity contribution in [3.05, 3.63) is 72.7 Å². The molecule has 0 atom stereocenters. The fourth-order valence-electron chi connectivity index (χ4n) is 2.95. The number of fused-ring (bicyclic) bond motifs is 1. The number of nitrogens with zero attached hydrogens (tertiary/aromatic N) is 4. The Hall–Kier alpha value is -3.46. The highest BCUT2D eigenvalue weighted by molar-refractivity contribution is 7.92. The number of rotatable bonds is 6. The van der Waals surface area contributed by atoms with Gasteiger partial charge in [-0.1, -0.05) is 30.3 Å². The van der Waals surface area contributed by atoms with E-state index in [0.29, 0.717) is 17.9 Å². The molecule has 0 amide bonds. The van der Waals surface area contributed by atoms with Gasteiger partial charge in [0.25, 0.3) is 10.0 Å². The molecule has 0 unspecified atom stereocenters. The lowest BCUT2D eigenvalue weighted by molar-refractivity contribution is 0.601. The van der Waals surface area contributed by atoms with E-state index in [1.54, 1.807) is 42.6 Å². The summed E-state index contributed by atoms with van der Waals surface area (Å²) in [6, 6.07) is 15.6. The smallest absolute Gasteiger partial charge is 0.261 e. The molecular weight excluding hydrogens is 376 g/mol. The second kappa shape index (κ2) is 7.28. The summed E-state index contributed by atoms with van der Waals surface area (Å²) in [6.07, 6.45) is 3.17. The zero-order valence-electron chi connectivity index (χ0n) is 15.1. The average Bonchev–Trinajstić information content (AvgIpc) is 3.17. The van der Waals surface area contributed by atoms with Crippen LogP contribution in [0.25, 0.3) is 11.0 Å². The highest BCUT2D eigenvalue weighted by Crippen LogP contribution is 2.23. The summed E-state index contributed by atoms with van der Waals surface area (Å²) < 4.78 is 27.7. The molecular formula is C19H18N6O2S. The lowest BCUT2D eigenvalue weighted by Gasteiger charge is -2.19. The van der Waals surface area contributed by atoms with Crippen molar-refractivity contribution < 1.29 is 8.42 Å². The van der Waals surface area contributed by atoms with Crippen molar-refractivity contribution in [2.24, 2.45) is 0 Å². The van der Waals surface area contributed by atoms with E-state index in [0.717, 1.165) is 16.8 Å². The van der Waals surface area contributed by atoms with Gasteiger partial charge in [0.15, 0.2) is 5.65 Å². The first-order valence-electron chi connectivity index (χ1n) is 8.55. The van der Waals surface area contributed by atoms with Gasteiger partial charge in [0, 0.05) is 19.3 Å². The predicted molar refractivity (Wildman–Crippen MR) is 107 cm³/mol. The third kappa shape index (κ3) is 3.65. The largest absolute Gasteiger partial charge is 0.355 e. The third-order valence-electron chi connectivity index (χ3n) is 4.24. The van der Waals surface area contributed by atoms with E-state index in [1.807, 2.05) is 30.1 Å². The Kier molecular flexibility index (Phi) is 4.66. The van der Waals surface area contributed by atoms with E-state index in [-0.39, 0.29) is 4.90 Å². The molecule has 28 heavy (non-hydrogen) atoms. The molecule has 8 nitrogen and oxygen atoms in total. The van der Waals surface area contributed by atoms with Crippen molar-refractivity contribution in [1.29, 1.82) is 0 Å². The van der Waals surface area contributed by atoms with Gasteiger partial charge in [0.05, 0.1) is 16.5 Å². The average molecular weight is 394 g/mol. The van der Waals surface area contributed by atoms with Crippen LogP contribution < -0.4 is 9.62 Å². The molecule has 2 aromatic heterocycles. The standard InChI is InChI=1S/C19H18N6O2S/c1-25(19-17-11-22-23-18(17)20-13-21-19)12-14-6-5-7-15(10-14)24-28(26,27)16-8-3-2-4-9-16/h2-11,13,24H,12H2,1H3,(H,20,21,22,23). The van der Waals surface area contributed by atoms with Gasteiger partial charge < -0.3 is 4.90 Å². The van der Waals surface area contributed by atoms with Crippen LogP contribution in [0.1, 0.15) is 5.56 Å². The molecule has 2 heterocycles. The van der Waals surface area contributed by atoms with E-state index in [1.165, 1.54) is 6.33 Å². The van der Waals surface area contributed by atoms with Crippen molar-refractivity contribution in [3.8, 4) is 0 Å². The number of hydrogen-bond acceptors (Lipinski definition) is 6. The van der Waals surface area contributed by atoms with Gasteiger partial charge in [-0.05, 0) is 29.8 Å². The zero-order chi connectivity index (χ0) is 19.6. The summed E-state index contributed by atoms with van der Waals surface area (Å²) >= 11 is 0. The van der Waals surface area contributed by atoms with Crippen LogP contribution in [0.3, 0.4) is 0 Å². The predicted octanol–water partition coefficient (Wildman–Crippen LogP) is 2.79. The summed E-state index contributed by atoms with van der Waals surface area (Å²) in [5, 5.41) is 7.65. The molecule has 0 saturated heterocycles. The highest BCUT2D eigenvalue weighted by atomic mass is 32.2. The van der Waals surface area contributed by atoms with Gasteiger partial charge in [-0.25, -0.2) is 18.4 Å². The molecule has 0 aliphatic carbocycles. The second-order valence-corrected chi connectivity index (χ2v) is 7.99. The minimum absolute atomic E-state index is 0.223. The first-order valence-corrected chi connectivity index (χ1v) is 10.0. The molecule has 0 aliphatic rings. The third-order valence-corrected chi connectivity index (χ3v) is 5.64. The quantitative estimate of drug-likeness (QED) is 0.521. The lowest BCUT2D eigenvalue weighted by atomic mass is 10.2. The number of anilines is 2. The van der Waals surface area contributed by atoms with Crippen molar-refractivity contribution in [2.45, 2.75) is 11.4 Å². The summed E-state index contributed by atoms with van der Waals surface area (Å²) in [5.74, 6) is 0.744. The molecule has 2 aromatic carbocycles. The fraction of sp³-hybridized carbons (Fsp3) is 0.105. The van der Waals surface area contributed by atoms with Crippen molar-refractivity contribution in [3.63, 3.8) is 0 Å². The van der Waals surface area contributed by atoms with Gasteiger partial charge >= 0.3 is 0 Å². The summed E-state index contributed by atoms with van der Waals surface area (Å²) in [7, 11) is -1.72. The number of benzene rings is 2. The maximum atomic E-state index is 12.5. The molecule has 4 rings (SSSR count). The molecule has 0 saturated carbocycles. The normalized spacial score (nSPS) is 11.5. The zero-order valence-corrected chi connectivity index (χ0v) is 15.9. The summed E-state index contributed by atoms with van der Waals surface area (Å²) in [5.41, 5.74) is 2.11. The monoisotopic (exact) mass is 394 g/mol. The van der Waals surface area contributed by atoms with E-state index in [2.05, 4.69) is 24.9 Å². The van der Waals surface area contributed by atoms with Crippen molar-refractivity contribution in [1.82, 2.24) is 20.2 Å². The number of nitrogens with one attached hydrogen (secondary N) is 2. The fourth-order valence-corrected chi connectivity index (χ4v) is 4.02. The Morgan fingerprint density at radius 2 is 1.89 bits per heavy atom. The first kappa shape index (κ1) is 17.9. The summed E-state index contributed by atoms with van der Waals surface area (Å²) in [6.45, 7) is 0.540. The van der Waals surface area contributed by atoms with Gasteiger partial charge in [-0.2, -0.15) is 5.10 Å². The van der Waals surface area contributed by atoms with Gasteiger partial charge in [0.1, 0.15) is 12.1 Å². The van der Waals surface area contributed by atoms with Gasteiger partial charge in [-0.3, -0.25) is 9.82 Å². The highest BCUT2D eigenvalue weighted by Gasteiger charge is 2.14. The molecule has 9 heteroatoms. The Bertz CT molecular complexity index is 1210. The van der Waals surface area contributed by atoms with Crippen LogP contribution in [0.2, 0.25) is 0 Å². The van der Waals surface area contributed by atoms with E-state index < -0.39 is 10.0 Å². The minimum atomic E-state index is -3.63. The molecule has 0 radical (unpaired) electrons. The number of hydrogen-bond donors (Lipinski definition) is 2. The Morgan fingerprint density at radius 3 is 2.71 bits per heavy atom. The van der Waals surface area contributed by atoms with Crippen LogP contribution in [0.15, 0.2) is 72.0 Å². The lowest BCUT2D eigenvalue weighted by Crippen LogP contribution is -2.18. The van der Waals surface area contributed by atoms with Crippen LogP contribution in [0, 0.1) is 0 Å². The van der Waals surface area contributed by atoms with Crippen LogP contribution in [0.5, 0.6) is 0 Å². The Balaban J connectivity index is 1.55. The maximum Gasteiger partial charge on any atom is 0.261 e. The maximum absolute atomic E-state index is 12.5. The first-order chi connectivity index (χ1) is 13.5. The Morgan fingerprint density at radius 1 is 1.07 bits per heavy atom. The molecule has 0 bridgehead atoms. The van der Waals surface area contributed by atoms with Crippen LogP contribution in [0.4, 0.5) is 11.5 Å². The SMILES string of the molecule is CN(Cc1cccc(NS(=O)(=O)c2ccccc2)c1)c1ncnc2[nH]ncc12. The topological polar surface area (TPSA) is 104 Å². The van der Waals surface area contributed by atoms with Gasteiger partial charge in [0.2, 0.25) is 0 Å². The minimum Gasteiger partial charge on any atom is -0.355 e. The number of aromatic amines is 1. The molecule has 2 N–H and O–H groups in total. The molecule has 142 valence electrons. The van der Waals surface area contributed by atoms with E-state index in [4.69, 9.17) is 0 Å². The Labute approximate surface area is 162 Å². The van der Waals surface area contributed by atoms with Crippen LogP contribution in [-0.4, -0.2) is 35.6 Å².